The van der Waals surface area contributed by atoms with Gasteiger partial charge in [-0.15, -0.1) is 12.4 Å². The predicted octanol–water partition coefficient (Wildman–Crippen LogP) is 3.61. The van der Waals surface area contributed by atoms with Gasteiger partial charge in [-0.1, -0.05) is 30.3 Å². The highest BCUT2D eigenvalue weighted by Crippen LogP contribution is 2.33. The number of hydrogen-bond acceptors (Lipinski definition) is 4. The van der Waals surface area contributed by atoms with E-state index in [4.69, 9.17) is 0 Å². The van der Waals surface area contributed by atoms with Crippen molar-refractivity contribution in [2.24, 2.45) is 0 Å². The first-order chi connectivity index (χ1) is 13.0. The van der Waals surface area contributed by atoms with Crippen LogP contribution in [0.25, 0.3) is 10.8 Å². The van der Waals surface area contributed by atoms with Crippen LogP contribution in [-0.2, 0) is 10.0 Å². The van der Waals surface area contributed by atoms with Crippen molar-refractivity contribution in [3.63, 3.8) is 0 Å². The molecule has 0 radical (unpaired) electrons. The fourth-order valence-corrected chi connectivity index (χ4v) is 4.50. The number of sulfonamides is 1. The van der Waals surface area contributed by atoms with Crippen molar-refractivity contribution in [1.82, 2.24) is 5.32 Å². The monoisotopic (exact) mass is 421 g/mol. The number of halogens is 2. The maximum Gasteiger partial charge on any atom is 0.262 e. The number of fused-ring (bicyclic) bond motifs is 1. The van der Waals surface area contributed by atoms with Crippen molar-refractivity contribution in [2.75, 3.05) is 35.8 Å². The molecule has 3 aromatic carbocycles. The Morgan fingerprint density at radius 2 is 1.64 bits per heavy atom. The molecule has 148 valence electrons. The highest BCUT2D eigenvalue weighted by Gasteiger charge is 2.19. The zero-order valence-corrected chi connectivity index (χ0v) is 16.7. The van der Waals surface area contributed by atoms with Crippen LogP contribution in [0, 0.1) is 5.82 Å². The summed E-state index contributed by atoms with van der Waals surface area (Å²) in [6.45, 7) is 3.64. The van der Waals surface area contributed by atoms with Crippen molar-refractivity contribution in [1.29, 1.82) is 0 Å². The summed E-state index contributed by atoms with van der Waals surface area (Å²) in [6, 6.07) is 16.4. The summed E-state index contributed by atoms with van der Waals surface area (Å²) in [5, 5.41) is 5.13. The van der Waals surface area contributed by atoms with Crippen LogP contribution in [0.3, 0.4) is 0 Å². The Kier molecular flexibility index (Phi) is 6.07. The third-order valence-electron chi connectivity index (χ3n) is 4.71. The second-order valence-corrected chi connectivity index (χ2v) is 8.16. The highest BCUT2D eigenvalue weighted by atomic mass is 35.5. The summed E-state index contributed by atoms with van der Waals surface area (Å²) in [4.78, 5) is 2.20. The van der Waals surface area contributed by atoms with Gasteiger partial charge in [-0.2, -0.15) is 0 Å². The van der Waals surface area contributed by atoms with Crippen LogP contribution in [-0.4, -0.2) is 34.6 Å². The molecule has 1 aliphatic heterocycles. The smallest absolute Gasteiger partial charge is 0.262 e. The first-order valence-electron chi connectivity index (χ1n) is 8.80. The maximum atomic E-state index is 13.4. The number of anilines is 2. The quantitative estimate of drug-likeness (QED) is 0.675. The summed E-state index contributed by atoms with van der Waals surface area (Å²) in [5.41, 5.74) is 1.56. The van der Waals surface area contributed by atoms with Gasteiger partial charge in [0.2, 0.25) is 0 Å². The zero-order chi connectivity index (χ0) is 18.9. The van der Waals surface area contributed by atoms with Crippen LogP contribution >= 0.6 is 12.4 Å². The third-order valence-corrected chi connectivity index (χ3v) is 6.07. The Hall–Kier alpha value is -2.35. The van der Waals surface area contributed by atoms with E-state index in [1.807, 2.05) is 30.3 Å². The molecule has 0 saturated carbocycles. The number of benzene rings is 3. The topological polar surface area (TPSA) is 61.4 Å². The van der Waals surface area contributed by atoms with Gasteiger partial charge in [0.05, 0.1) is 10.6 Å². The molecule has 0 bridgehead atoms. The number of hydrogen-bond donors (Lipinski definition) is 2. The lowest BCUT2D eigenvalue weighted by Gasteiger charge is -2.30. The minimum absolute atomic E-state index is 0. The molecule has 1 fully saturated rings. The van der Waals surface area contributed by atoms with E-state index in [2.05, 4.69) is 14.9 Å². The Labute approximate surface area is 170 Å². The summed E-state index contributed by atoms with van der Waals surface area (Å²) in [6.07, 6.45) is 0. The van der Waals surface area contributed by atoms with Gasteiger partial charge in [0.15, 0.2) is 0 Å². The van der Waals surface area contributed by atoms with E-state index in [9.17, 15) is 12.8 Å². The molecule has 0 aliphatic carbocycles. The van der Waals surface area contributed by atoms with Crippen LogP contribution in [0.15, 0.2) is 65.6 Å². The van der Waals surface area contributed by atoms with Gasteiger partial charge in [-0.05, 0) is 30.3 Å². The van der Waals surface area contributed by atoms with Crippen molar-refractivity contribution >= 4 is 44.6 Å². The molecule has 2 N–H and O–H groups in total. The molecule has 0 amide bonds. The molecular formula is C20H21ClFN3O2S. The molecule has 8 heteroatoms. The molecule has 1 heterocycles. The Balaban J connectivity index is 0.00000225. The fraction of sp³-hybridized carbons (Fsp3) is 0.200. The van der Waals surface area contributed by atoms with E-state index in [-0.39, 0.29) is 17.3 Å². The number of nitrogens with one attached hydrogen (secondary N) is 2. The normalized spacial score (nSPS) is 14.5. The summed E-state index contributed by atoms with van der Waals surface area (Å²) < 4.78 is 41.4. The largest absolute Gasteiger partial charge is 0.368 e. The van der Waals surface area contributed by atoms with Gasteiger partial charge >= 0.3 is 0 Å². The lowest BCUT2D eigenvalue weighted by atomic mass is 10.1. The summed E-state index contributed by atoms with van der Waals surface area (Å²) >= 11 is 0. The summed E-state index contributed by atoms with van der Waals surface area (Å²) in [7, 11) is -3.88. The van der Waals surface area contributed by atoms with Gasteiger partial charge in [-0.25, -0.2) is 12.8 Å². The minimum Gasteiger partial charge on any atom is -0.368 e. The van der Waals surface area contributed by atoms with Crippen LogP contribution in [0.2, 0.25) is 0 Å². The molecule has 1 aliphatic rings. The molecule has 28 heavy (non-hydrogen) atoms. The van der Waals surface area contributed by atoms with E-state index in [0.717, 1.165) is 48.7 Å². The average molecular weight is 422 g/mol. The van der Waals surface area contributed by atoms with E-state index in [0.29, 0.717) is 5.69 Å². The molecule has 1 saturated heterocycles. The minimum atomic E-state index is -3.88. The van der Waals surface area contributed by atoms with E-state index in [1.54, 1.807) is 6.07 Å². The predicted molar refractivity (Wildman–Crippen MR) is 113 cm³/mol. The molecule has 0 aromatic heterocycles. The van der Waals surface area contributed by atoms with Crippen molar-refractivity contribution in [3.8, 4) is 0 Å². The lowest BCUT2D eigenvalue weighted by Crippen LogP contribution is -2.43. The van der Waals surface area contributed by atoms with Gasteiger partial charge < -0.3 is 10.2 Å². The van der Waals surface area contributed by atoms with Gasteiger partial charge in [0, 0.05) is 42.6 Å². The number of nitrogens with zero attached hydrogens (tertiary/aromatic N) is 1. The van der Waals surface area contributed by atoms with Gasteiger partial charge in [-0.3, -0.25) is 4.72 Å². The van der Waals surface area contributed by atoms with Crippen LogP contribution in [0.5, 0.6) is 0 Å². The van der Waals surface area contributed by atoms with Crippen LogP contribution in [0.1, 0.15) is 0 Å². The lowest BCUT2D eigenvalue weighted by molar-refractivity contribution is 0.590. The Bertz CT molecular complexity index is 1090. The molecule has 0 spiro atoms. The highest BCUT2D eigenvalue weighted by molar-refractivity contribution is 7.92. The first kappa shape index (κ1) is 20.4. The van der Waals surface area contributed by atoms with E-state index >= 15 is 0 Å². The van der Waals surface area contributed by atoms with Gasteiger partial charge in [0.1, 0.15) is 5.82 Å². The van der Waals surface area contributed by atoms with Crippen molar-refractivity contribution in [2.45, 2.75) is 4.90 Å². The second-order valence-electron chi connectivity index (χ2n) is 6.48. The molecule has 4 rings (SSSR count). The molecule has 5 nitrogen and oxygen atoms in total. The SMILES string of the molecule is Cl.O=S(=O)(Nc1ccc(N2CCNCC2)c2ccccc12)c1cccc(F)c1. The first-order valence-corrected chi connectivity index (χ1v) is 10.3. The Morgan fingerprint density at radius 3 is 2.36 bits per heavy atom. The molecule has 0 unspecified atom stereocenters. The van der Waals surface area contributed by atoms with E-state index in [1.165, 1.54) is 18.2 Å². The molecular weight excluding hydrogens is 401 g/mol. The summed E-state index contributed by atoms with van der Waals surface area (Å²) in [5.74, 6) is -0.586. The fourth-order valence-electron chi connectivity index (χ4n) is 3.39. The van der Waals surface area contributed by atoms with Crippen LogP contribution < -0.4 is 14.9 Å². The Morgan fingerprint density at radius 1 is 0.929 bits per heavy atom. The van der Waals surface area contributed by atoms with Crippen molar-refractivity contribution in [3.05, 3.63) is 66.5 Å². The number of rotatable bonds is 4. The third kappa shape index (κ3) is 4.06. The second kappa shape index (κ2) is 8.34. The van der Waals surface area contributed by atoms with E-state index < -0.39 is 15.8 Å². The zero-order valence-electron chi connectivity index (χ0n) is 15.1. The molecule has 0 atom stereocenters. The van der Waals surface area contributed by atoms with Crippen LogP contribution in [0.4, 0.5) is 15.8 Å². The molecule has 3 aromatic rings. The van der Waals surface area contributed by atoms with Crippen molar-refractivity contribution < 1.29 is 12.8 Å². The number of piperazine rings is 1. The maximum absolute atomic E-state index is 13.4. The van der Waals surface area contributed by atoms with Gasteiger partial charge in [0.25, 0.3) is 10.0 Å². The standard InChI is InChI=1S/C20H20FN3O2S.ClH/c21-15-4-3-5-16(14-15)27(25,26)23-19-8-9-20(24-12-10-22-11-13-24)18-7-2-1-6-17(18)19;/h1-9,14,22-23H,10-13H2;1H. The average Bonchev–Trinajstić information content (AvgIpc) is 2.69.